The van der Waals surface area contributed by atoms with E-state index < -0.39 is 23.1 Å². The average Bonchev–Trinajstić information content (AvgIpc) is 2.76. The van der Waals surface area contributed by atoms with Crippen molar-refractivity contribution in [3.05, 3.63) is 59.7 Å². The van der Waals surface area contributed by atoms with Gasteiger partial charge in [0.25, 0.3) is 0 Å². The molecule has 0 spiro atoms. The number of carbonyl (C=O) groups is 2. The molecule has 0 bridgehead atoms. The van der Waals surface area contributed by atoms with E-state index in [0.29, 0.717) is 9.79 Å². The zero-order valence-corrected chi connectivity index (χ0v) is 18.2. The standard InChI is InChI=1S/C14H10O5S.C8H20N/c15-13(16)9-1-5-11(6-2-9)20(19)12-7-3-10(4-8-12)14(17)18;1-5-9(6-2,7-3)8-4/h1-8H,(H,15,16)(H,17,18);5-8H2,1-4H3/q;+1. The van der Waals surface area contributed by atoms with Gasteiger partial charge in [0, 0.05) is 11.2 Å². The van der Waals surface area contributed by atoms with Crippen LogP contribution in [0.25, 0.3) is 0 Å². The summed E-state index contributed by atoms with van der Waals surface area (Å²) in [6.45, 7) is 14.2. The molecule has 0 amide bonds. The molecule has 0 fully saturated rings. The van der Waals surface area contributed by atoms with Gasteiger partial charge in [0.1, 0.15) is 0 Å². The van der Waals surface area contributed by atoms with Gasteiger partial charge in [-0.25, -0.2) is 9.59 Å². The Labute approximate surface area is 175 Å². The van der Waals surface area contributed by atoms with Crippen LogP contribution in [0.2, 0.25) is 0 Å². The van der Waals surface area contributed by atoms with Gasteiger partial charge in [-0.1, -0.05) is 0 Å². The third-order valence-electron chi connectivity index (χ3n) is 5.31. The summed E-state index contributed by atoms with van der Waals surface area (Å²) in [4.78, 5) is 22.4. The van der Waals surface area contributed by atoms with Crippen LogP contribution in [0.1, 0.15) is 48.4 Å². The number of aromatic carboxylic acids is 2. The SMILES string of the molecule is CC[N+](CC)(CC)CC.O=C(O)c1ccc([S+]([O-])c2ccc(C(=O)O)cc2)cc1. The van der Waals surface area contributed by atoms with Crippen molar-refractivity contribution in [1.29, 1.82) is 0 Å². The fourth-order valence-corrected chi connectivity index (χ4v) is 3.96. The van der Waals surface area contributed by atoms with Crippen LogP contribution < -0.4 is 0 Å². The Kier molecular flexibility index (Phi) is 9.88. The van der Waals surface area contributed by atoms with Gasteiger partial charge >= 0.3 is 11.9 Å². The minimum Gasteiger partial charge on any atom is -0.606 e. The number of carboxylic acids is 2. The monoisotopic (exact) mass is 420 g/mol. The summed E-state index contributed by atoms with van der Waals surface area (Å²) < 4.78 is 13.5. The number of benzene rings is 2. The zero-order valence-electron chi connectivity index (χ0n) is 17.4. The molecule has 2 rings (SSSR count). The van der Waals surface area contributed by atoms with Gasteiger partial charge in [-0.05, 0) is 76.2 Å². The van der Waals surface area contributed by atoms with Crippen molar-refractivity contribution in [2.45, 2.75) is 37.5 Å². The van der Waals surface area contributed by atoms with Crippen LogP contribution in [0.15, 0.2) is 58.3 Å². The molecule has 2 aromatic rings. The van der Waals surface area contributed by atoms with Gasteiger partial charge in [0.15, 0.2) is 9.79 Å². The van der Waals surface area contributed by atoms with Crippen molar-refractivity contribution in [2.24, 2.45) is 0 Å². The van der Waals surface area contributed by atoms with E-state index in [1.54, 1.807) is 0 Å². The summed E-state index contributed by atoms with van der Waals surface area (Å²) in [6, 6.07) is 11.4. The number of rotatable bonds is 8. The smallest absolute Gasteiger partial charge is 0.335 e. The number of carboxylic acid groups (broad SMARTS) is 2. The molecule has 6 nitrogen and oxygen atoms in total. The van der Waals surface area contributed by atoms with Crippen LogP contribution >= 0.6 is 0 Å². The van der Waals surface area contributed by atoms with Gasteiger partial charge in [0.2, 0.25) is 0 Å². The van der Waals surface area contributed by atoms with E-state index in [0.717, 1.165) is 0 Å². The van der Waals surface area contributed by atoms with Gasteiger partial charge in [0.05, 0.1) is 37.3 Å². The van der Waals surface area contributed by atoms with Gasteiger partial charge in [-0.2, -0.15) is 0 Å². The highest BCUT2D eigenvalue weighted by molar-refractivity contribution is 7.91. The molecule has 0 aromatic heterocycles. The van der Waals surface area contributed by atoms with Crippen molar-refractivity contribution in [3.8, 4) is 0 Å². The predicted octanol–water partition coefficient (Wildman–Crippen LogP) is 4.13. The summed E-state index contributed by atoms with van der Waals surface area (Å²) in [6.07, 6.45) is 0. The minimum atomic E-state index is -1.48. The normalized spacial score (nSPS) is 11.0. The van der Waals surface area contributed by atoms with Crippen LogP contribution in [0.5, 0.6) is 0 Å². The van der Waals surface area contributed by atoms with Crippen molar-refractivity contribution >= 4 is 23.1 Å². The molecule has 0 saturated carbocycles. The molecule has 0 radical (unpaired) electrons. The first kappa shape index (κ1) is 24.7. The topological polar surface area (TPSA) is 97.7 Å². The maximum Gasteiger partial charge on any atom is 0.335 e. The van der Waals surface area contributed by atoms with Crippen LogP contribution in [0.4, 0.5) is 0 Å². The van der Waals surface area contributed by atoms with E-state index in [-0.39, 0.29) is 11.1 Å². The lowest BCUT2D eigenvalue weighted by atomic mass is 10.2. The molecule has 2 N–H and O–H groups in total. The molecule has 29 heavy (non-hydrogen) atoms. The maximum absolute atomic E-state index is 12.2. The minimum absolute atomic E-state index is 0.118. The van der Waals surface area contributed by atoms with Crippen LogP contribution in [-0.4, -0.2) is 57.4 Å². The van der Waals surface area contributed by atoms with Crippen LogP contribution in [0.3, 0.4) is 0 Å². The van der Waals surface area contributed by atoms with E-state index in [1.807, 2.05) is 0 Å². The Balaban J connectivity index is 0.000000396. The van der Waals surface area contributed by atoms with Crippen LogP contribution in [-0.2, 0) is 11.2 Å². The number of quaternary nitrogens is 1. The summed E-state index contributed by atoms with van der Waals surface area (Å²) in [5, 5.41) is 17.6. The van der Waals surface area contributed by atoms with Gasteiger partial charge < -0.3 is 19.2 Å². The fraction of sp³-hybridized carbons (Fsp3) is 0.364. The van der Waals surface area contributed by atoms with Crippen molar-refractivity contribution < 1.29 is 28.8 Å². The molecule has 0 saturated heterocycles. The fourth-order valence-electron chi connectivity index (χ4n) is 2.92. The van der Waals surface area contributed by atoms with E-state index in [9.17, 15) is 14.1 Å². The Morgan fingerprint density at radius 2 is 1.00 bits per heavy atom. The highest BCUT2D eigenvalue weighted by Gasteiger charge is 2.17. The van der Waals surface area contributed by atoms with E-state index >= 15 is 0 Å². The zero-order chi connectivity index (χ0) is 22.0. The van der Waals surface area contributed by atoms with Crippen molar-refractivity contribution in [2.75, 3.05) is 26.2 Å². The molecule has 0 heterocycles. The summed E-state index contributed by atoms with van der Waals surface area (Å²) in [7, 11) is 0. The third kappa shape index (κ3) is 6.88. The molecular formula is C22H30NO5S+. The highest BCUT2D eigenvalue weighted by Crippen LogP contribution is 2.21. The summed E-state index contributed by atoms with van der Waals surface area (Å²) in [5.41, 5.74) is 0.235. The molecule has 0 aliphatic heterocycles. The maximum atomic E-state index is 12.2. The Bertz CT molecular complexity index is 711. The third-order valence-corrected chi connectivity index (χ3v) is 6.71. The van der Waals surface area contributed by atoms with E-state index in [4.69, 9.17) is 10.2 Å². The second-order valence-corrected chi connectivity index (χ2v) is 8.01. The van der Waals surface area contributed by atoms with E-state index in [1.165, 1.54) is 79.2 Å². The molecule has 0 unspecified atom stereocenters. The van der Waals surface area contributed by atoms with Crippen molar-refractivity contribution in [3.63, 3.8) is 0 Å². The number of hydrogen-bond acceptors (Lipinski definition) is 3. The Hall–Kier alpha value is -2.35. The first-order valence-electron chi connectivity index (χ1n) is 9.67. The summed E-state index contributed by atoms with van der Waals surface area (Å²) in [5.74, 6) is -2.10. The molecule has 7 heteroatoms. The van der Waals surface area contributed by atoms with Crippen LogP contribution in [0, 0.1) is 0 Å². The Morgan fingerprint density at radius 1 is 0.724 bits per heavy atom. The predicted molar refractivity (Wildman–Crippen MR) is 114 cm³/mol. The number of nitrogens with zero attached hydrogens (tertiary/aromatic N) is 1. The molecule has 2 aromatic carbocycles. The Morgan fingerprint density at radius 3 is 1.17 bits per heavy atom. The number of hydrogen-bond donors (Lipinski definition) is 2. The molecule has 0 aliphatic rings. The lowest BCUT2D eigenvalue weighted by Crippen LogP contribution is -2.47. The second kappa shape index (κ2) is 11.6. The molecular weight excluding hydrogens is 390 g/mol. The lowest BCUT2D eigenvalue weighted by molar-refractivity contribution is -0.921. The first-order valence-corrected chi connectivity index (χ1v) is 10.8. The lowest BCUT2D eigenvalue weighted by Gasteiger charge is -2.34. The molecule has 0 atom stereocenters. The van der Waals surface area contributed by atoms with E-state index in [2.05, 4.69) is 27.7 Å². The van der Waals surface area contributed by atoms with Gasteiger partial charge in [-0.15, -0.1) is 0 Å². The highest BCUT2D eigenvalue weighted by atomic mass is 32.2. The van der Waals surface area contributed by atoms with Crippen molar-refractivity contribution in [1.82, 2.24) is 0 Å². The quantitative estimate of drug-likeness (QED) is 0.494. The molecule has 158 valence electrons. The summed E-state index contributed by atoms with van der Waals surface area (Å²) >= 11 is -1.48. The largest absolute Gasteiger partial charge is 0.606 e. The van der Waals surface area contributed by atoms with Gasteiger partial charge in [-0.3, -0.25) is 0 Å². The molecule has 0 aliphatic carbocycles. The first-order chi connectivity index (χ1) is 13.7. The second-order valence-electron chi connectivity index (χ2n) is 6.53. The average molecular weight is 421 g/mol.